The van der Waals surface area contributed by atoms with Gasteiger partial charge in [-0.25, -0.2) is 15.0 Å². The molecule has 10 heteroatoms. The van der Waals surface area contributed by atoms with Gasteiger partial charge in [0.25, 0.3) is 5.56 Å². The summed E-state index contributed by atoms with van der Waals surface area (Å²) >= 11 is 7.75. The summed E-state index contributed by atoms with van der Waals surface area (Å²) < 4.78 is 6.47. The Kier molecular flexibility index (Phi) is 4.26. The van der Waals surface area contributed by atoms with Crippen molar-refractivity contribution >= 4 is 49.9 Å². The number of aromatic nitrogens is 5. The molecule has 0 aliphatic carbocycles. The lowest BCUT2D eigenvalue weighted by Crippen LogP contribution is -2.26. The number of fused-ring (bicyclic) bond motifs is 2. The average molecular weight is 425 g/mol. The number of rotatable bonds is 4. The van der Waals surface area contributed by atoms with Gasteiger partial charge in [-0.1, -0.05) is 28.9 Å². The van der Waals surface area contributed by atoms with Gasteiger partial charge < -0.3 is 9.84 Å². The predicted octanol–water partition coefficient (Wildman–Crippen LogP) is 4.20. The summed E-state index contributed by atoms with van der Waals surface area (Å²) in [4.78, 5) is 27.0. The zero-order valence-corrected chi connectivity index (χ0v) is 16.6. The molecule has 0 bridgehead atoms. The van der Waals surface area contributed by atoms with E-state index in [4.69, 9.17) is 16.1 Å². The third-order valence-electron chi connectivity index (χ3n) is 4.61. The lowest BCUT2D eigenvalue weighted by atomic mass is 10.1. The first-order chi connectivity index (χ1) is 14.1. The maximum Gasteiger partial charge on any atom is 0.266 e. The molecule has 0 aliphatic rings. The molecule has 0 amide bonds. The molecule has 29 heavy (non-hydrogen) atoms. The van der Waals surface area contributed by atoms with E-state index < -0.39 is 0 Å². The fourth-order valence-corrected chi connectivity index (χ4v) is 4.18. The zero-order chi connectivity index (χ0) is 20.0. The number of nitrogens with zero attached hydrogens (tertiary/aromatic N) is 5. The van der Waals surface area contributed by atoms with E-state index in [0.717, 1.165) is 10.2 Å². The molecule has 4 heterocycles. The second kappa shape index (κ2) is 6.94. The maximum absolute atomic E-state index is 13.3. The van der Waals surface area contributed by atoms with Crippen molar-refractivity contribution < 1.29 is 4.52 Å². The topological polar surface area (TPSA) is 98.7 Å². The van der Waals surface area contributed by atoms with Crippen LogP contribution in [0.4, 0.5) is 5.82 Å². The lowest BCUT2D eigenvalue weighted by molar-refractivity contribution is 0.415. The van der Waals surface area contributed by atoms with Gasteiger partial charge in [0.2, 0.25) is 0 Å². The molecule has 1 N–H and O–H groups in total. The molecule has 0 unspecified atom stereocenters. The average Bonchev–Trinajstić information content (AvgIpc) is 3.40. The Bertz CT molecular complexity index is 1400. The van der Waals surface area contributed by atoms with Gasteiger partial charge in [-0.3, -0.25) is 9.36 Å². The number of thiazole rings is 1. The van der Waals surface area contributed by atoms with Crippen molar-refractivity contribution in [2.75, 3.05) is 5.32 Å². The highest BCUT2D eigenvalue weighted by molar-refractivity contribution is 7.16. The second-order valence-electron chi connectivity index (χ2n) is 6.37. The van der Waals surface area contributed by atoms with Gasteiger partial charge in [0.15, 0.2) is 11.6 Å². The lowest BCUT2D eigenvalue weighted by Gasteiger charge is -2.20. The number of nitrogens with one attached hydrogen (secondary N) is 1. The summed E-state index contributed by atoms with van der Waals surface area (Å²) in [5, 5.41) is 8.85. The standard InChI is InChI=1S/C19H13ClN6O2S/c1-10(24-17-16-18(22-8-21-17)29-9-23-16)13-7-11-3-2-4-12(20)15(11)19(27)26(13)14-5-6-28-25-14/h2-10H,1H3,(H,21,22,24)/t10-/m0/s1. The van der Waals surface area contributed by atoms with Crippen molar-refractivity contribution in [1.82, 2.24) is 24.7 Å². The van der Waals surface area contributed by atoms with E-state index >= 15 is 0 Å². The van der Waals surface area contributed by atoms with Crippen molar-refractivity contribution in [3.05, 3.63) is 69.5 Å². The zero-order valence-electron chi connectivity index (χ0n) is 15.0. The van der Waals surface area contributed by atoms with E-state index in [0.29, 0.717) is 33.3 Å². The van der Waals surface area contributed by atoms with Crippen LogP contribution in [0.2, 0.25) is 5.02 Å². The molecule has 0 aliphatic heterocycles. The second-order valence-corrected chi connectivity index (χ2v) is 7.61. The highest BCUT2D eigenvalue weighted by Gasteiger charge is 2.20. The monoisotopic (exact) mass is 424 g/mol. The maximum atomic E-state index is 13.3. The molecule has 144 valence electrons. The summed E-state index contributed by atoms with van der Waals surface area (Å²) in [5.41, 5.74) is 2.81. The Labute approximate surface area is 172 Å². The van der Waals surface area contributed by atoms with Crippen molar-refractivity contribution in [2.24, 2.45) is 0 Å². The predicted molar refractivity (Wildman–Crippen MR) is 112 cm³/mol. The number of hydrogen-bond donors (Lipinski definition) is 1. The fraction of sp³-hybridized carbons (Fsp3) is 0.105. The van der Waals surface area contributed by atoms with Crippen LogP contribution in [0.15, 0.2) is 57.8 Å². The molecule has 1 aromatic carbocycles. The van der Waals surface area contributed by atoms with Crippen LogP contribution in [0, 0.1) is 0 Å². The third kappa shape index (κ3) is 2.95. The van der Waals surface area contributed by atoms with Gasteiger partial charge in [-0.05, 0) is 24.4 Å². The first-order valence-corrected chi connectivity index (χ1v) is 9.95. The molecular formula is C19H13ClN6O2S. The Hall–Kier alpha value is -3.30. The molecule has 5 rings (SSSR count). The first kappa shape index (κ1) is 17.8. The molecule has 0 saturated carbocycles. The summed E-state index contributed by atoms with van der Waals surface area (Å²) in [6.07, 6.45) is 2.91. The smallest absolute Gasteiger partial charge is 0.266 e. The molecule has 8 nitrogen and oxygen atoms in total. The minimum absolute atomic E-state index is 0.271. The minimum Gasteiger partial charge on any atom is -0.363 e. The molecule has 4 aromatic heterocycles. The molecule has 0 radical (unpaired) electrons. The van der Waals surface area contributed by atoms with E-state index in [1.807, 2.05) is 25.1 Å². The summed E-state index contributed by atoms with van der Waals surface area (Å²) in [6, 6.07) is 8.60. The van der Waals surface area contributed by atoms with Crippen molar-refractivity contribution in [3.63, 3.8) is 0 Å². The number of benzene rings is 1. The van der Waals surface area contributed by atoms with Gasteiger partial charge in [-0.15, -0.1) is 11.3 Å². The van der Waals surface area contributed by atoms with Crippen LogP contribution in [0.1, 0.15) is 18.7 Å². The first-order valence-electron chi connectivity index (χ1n) is 8.69. The Morgan fingerprint density at radius 3 is 2.97 bits per heavy atom. The van der Waals surface area contributed by atoms with Crippen LogP contribution in [0.25, 0.3) is 26.9 Å². The van der Waals surface area contributed by atoms with Gasteiger partial charge in [0.1, 0.15) is 22.9 Å². The van der Waals surface area contributed by atoms with Crippen molar-refractivity contribution in [1.29, 1.82) is 0 Å². The minimum atomic E-state index is -0.303. The number of halogens is 1. The third-order valence-corrected chi connectivity index (χ3v) is 5.66. The Balaban J connectivity index is 1.70. The summed E-state index contributed by atoms with van der Waals surface area (Å²) in [5.74, 6) is 0.969. The number of pyridine rings is 1. The molecule has 1 atom stereocenters. The molecule has 0 spiro atoms. The van der Waals surface area contributed by atoms with E-state index in [9.17, 15) is 4.79 Å². The van der Waals surface area contributed by atoms with Crippen LogP contribution in [0.5, 0.6) is 0 Å². The largest absolute Gasteiger partial charge is 0.363 e. The Morgan fingerprint density at radius 2 is 2.14 bits per heavy atom. The van der Waals surface area contributed by atoms with Gasteiger partial charge >= 0.3 is 0 Å². The van der Waals surface area contributed by atoms with Crippen LogP contribution >= 0.6 is 22.9 Å². The summed E-state index contributed by atoms with van der Waals surface area (Å²) in [7, 11) is 0. The normalized spacial score (nSPS) is 12.5. The van der Waals surface area contributed by atoms with Gasteiger partial charge in [-0.2, -0.15) is 0 Å². The van der Waals surface area contributed by atoms with Crippen LogP contribution in [-0.2, 0) is 0 Å². The molecular weight excluding hydrogens is 412 g/mol. The van der Waals surface area contributed by atoms with E-state index in [-0.39, 0.29) is 11.6 Å². The quantitative estimate of drug-likeness (QED) is 0.461. The molecule has 0 fully saturated rings. The van der Waals surface area contributed by atoms with Crippen molar-refractivity contribution in [2.45, 2.75) is 13.0 Å². The SMILES string of the molecule is C[C@H](Nc1ncnc2scnc12)c1cc2cccc(Cl)c2c(=O)n1-c1ccon1. The number of anilines is 1. The van der Waals surface area contributed by atoms with E-state index in [1.165, 1.54) is 28.5 Å². The van der Waals surface area contributed by atoms with Gasteiger partial charge in [0.05, 0.1) is 27.7 Å². The number of hydrogen-bond acceptors (Lipinski definition) is 8. The highest BCUT2D eigenvalue weighted by atomic mass is 35.5. The van der Waals surface area contributed by atoms with E-state index in [1.54, 1.807) is 17.6 Å². The van der Waals surface area contributed by atoms with Crippen molar-refractivity contribution in [3.8, 4) is 5.82 Å². The Morgan fingerprint density at radius 1 is 1.24 bits per heavy atom. The summed E-state index contributed by atoms with van der Waals surface area (Å²) in [6.45, 7) is 1.93. The van der Waals surface area contributed by atoms with Crippen LogP contribution in [-0.4, -0.2) is 24.7 Å². The highest BCUT2D eigenvalue weighted by Crippen LogP contribution is 2.28. The molecule has 0 saturated heterocycles. The van der Waals surface area contributed by atoms with Gasteiger partial charge in [0, 0.05) is 6.07 Å². The van der Waals surface area contributed by atoms with Crippen LogP contribution < -0.4 is 10.9 Å². The van der Waals surface area contributed by atoms with Crippen LogP contribution in [0.3, 0.4) is 0 Å². The fourth-order valence-electron chi connectivity index (χ4n) is 3.29. The van der Waals surface area contributed by atoms with E-state index in [2.05, 4.69) is 25.4 Å². The molecule has 5 aromatic rings.